The van der Waals surface area contributed by atoms with Crippen LogP contribution >= 0.6 is 0 Å². The second kappa shape index (κ2) is 8.12. The van der Waals surface area contributed by atoms with Crippen LogP contribution in [-0.4, -0.2) is 41.3 Å². The normalized spacial score (nSPS) is 49.5. The fourth-order valence-corrected chi connectivity index (χ4v) is 8.26. The molecular weight excluding hydrogens is 364 g/mol. The van der Waals surface area contributed by atoms with E-state index in [0.29, 0.717) is 42.2 Å². The van der Waals surface area contributed by atoms with Gasteiger partial charge in [0.15, 0.2) is 0 Å². The Morgan fingerprint density at radius 1 is 1.07 bits per heavy atom. The summed E-state index contributed by atoms with van der Waals surface area (Å²) in [5.41, 5.74) is 5.24. The Kier molecular flexibility index (Phi) is 6.04. The zero-order valence-electron chi connectivity index (χ0n) is 18.5. The molecular formula is C24H42N2O3. The van der Waals surface area contributed by atoms with Gasteiger partial charge >= 0.3 is 0 Å². The van der Waals surface area contributed by atoms with Crippen molar-refractivity contribution in [1.82, 2.24) is 0 Å². The van der Waals surface area contributed by atoms with E-state index < -0.39 is 5.60 Å². The number of hydrogen-bond donors (Lipinski definition) is 3. The summed E-state index contributed by atoms with van der Waals surface area (Å²) >= 11 is 0. The quantitative estimate of drug-likeness (QED) is 0.355. The third kappa shape index (κ3) is 3.45. The van der Waals surface area contributed by atoms with Crippen molar-refractivity contribution in [3.63, 3.8) is 0 Å². The molecule has 29 heavy (non-hydrogen) atoms. The molecule has 0 saturated heterocycles. The van der Waals surface area contributed by atoms with Gasteiger partial charge in [0.25, 0.3) is 0 Å². The first-order valence-electron chi connectivity index (χ1n) is 12.1. The maximum absolute atomic E-state index is 12.1. The van der Waals surface area contributed by atoms with Crippen molar-refractivity contribution < 1.29 is 15.1 Å². The van der Waals surface area contributed by atoms with Crippen LogP contribution < -0.4 is 5.73 Å². The number of rotatable bonds is 6. The molecule has 0 heterocycles. The van der Waals surface area contributed by atoms with Crippen LogP contribution in [0.3, 0.4) is 0 Å². The van der Waals surface area contributed by atoms with Gasteiger partial charge in [0, 0.05) is 12.8 Å². The summed E-state index contributed by atoms with van der Waals surface area (Å²) in [6.07, 6.45) is 13.6. The first-order chi connectivity index (χ1) is 13.8. The van der Waals surface area contributed by atoms with Crippen molar-refractivity contribution in [1.29, 1.82) is 0 Å². The summed E-state index contributed by atoms with van der Waals surface area (Å²) in [4.78, 5) is 5.12. The minimum Gasteiger partial charge on any atom is -0.395 e. The van der Waals surface area contributed by atoms with Crippen LogP contribution in [0.15, 0.2) is 5.16 Å². The van der Waals surface area contributed by atoms with Gasteiger partial charge in [-0.25, -0.2) is 0 Å². The summed E-state index contributed by atoms with van der Waals surface area (Å²) in [5, 5.41) is 26.4. The predicted octanol–water partition coefficient (Wildman–Crippen LogP) is 3.86. The predicted molar refractivity (Wildman–Crippen MR) is 115 cm³/mol. The lowest BCUT2D eigenvalue weighted by molar-refractivity contribution is -0.210. The Labute approximate surface area is 176 Å². The summed E-state index contributed by atoms with van der Waals surface area (Å²) in [5.74, 6) is 2.26. The van der Waals surface area contributed by atoms with Crippen LogP contribution in [0.25, 0.3) is 0 Å². The first kappa shape index (κ1) is 21.6. The molecule has 0 spiro atoms. The maximum atomic E-state index is 12.1. The van der Waals surface area contributed by atoms with Crippen molar-refractivity contribution in [2.45, 2.75) is 96.2 Å². The fourth-order valence-electron chi connectivity index (χ4n) is 8.26. The summed E-state index contributed by atoms with van der Waals surface area (Å²) in [7, 11) is 0. The average molecular weight is 407 g/mol. The van der Waals surface area contributed by atoms with E-state index >= 15 is 0 Å². The van der Waals surface area contributed by atoms with Crippen LogP contribution in [-0.2, 0) is 4.84 Å². The molecule has 0 amide bonds. The van der Waals surface area contributed by atoms with Crippen molar-refractivity contribution in [3.05, 3.63) is 0 Å². The molecule has 166 valence electrons. The molecule has 3 unspecified atom stereocenters. The standard InChI is InChI=1S/C24H42N2O3/c1-22-10-8-19(27)16-18(22)5-6-21-20(22)9-11-23(2)17(7-12-24(21,23)28)4-3-14-26-29-15-13-25/h14,17-21,27-28H,3-13,15-16,25H2,1-2H3/b26-14+/t17?,18?,19?,20-,21-,22+,23-,24-/m1/s1. The number of oxime groups is 1. The average Bonchev–Trinajstić information content (AvgIpc) is 2.96. The van der Waals surface area contributed by atoms with E-state index in [9.17, 15) is 10.2 Å². The highest BCUT2D eigenvalue weighted by Gasteiger charge is 2.66. The molecule has 8 atom stereocenters. The minimum atomic E-state index is -0.516. The highest BCUT2D eigenvalue weighted by atomic mass is 16.6. The highest BCUT2D eigenvalue weighted by Crippen LogP contribution is 2.69. The number of hydrogen-bond acceptors (Lipinski definition) is 5. The number of aliphatic hydroxyl groups excluding tert-OH is 1. The summed E-state index contributed by atoms with van der Waals surface area (Å²) in [6, 6.07) is 0. The molecule has 4 rings (SSSR count). The smallest absolute Gasteiger partial charge is 0.129 e. The van der Waals surface area contributed by atoms with Crippen molar-refractivity contribution in [2.75, 3.05) is 13.2 Å². The second-order valence-electron chi connectivity index (χ2n) is 11.0. The lowest BCUT2D eigenvalue weighted by Crippen LogP contribution is -2.62. The topological polar surface area (TPSA) is 88.1 Å². The number of nitrogens with zero attached hydrogens (tertiary/aromatic N) is 1. The molecule has 0 radical (unpaired) electrons. The van der Waals surface area contributed by atoms with Gasteiger partial charge in [0.05, 0.1) is 11.7 Å². The number of nitrogens with two attached hydrogens (primary N) is 1. The molecule has 4 aliphatic rings. The molecule has 0 aromatic heterocycles. The molecule has 5 nitrogen and oxygen atoms in total. The van der Waals surface area contributed by atoms with Crippen LogP contribution in [0, 0.1) is 34.5 Å². The Bertz CT molecular complexity index is 613. The molecule has 4 N–H and O–H groups in total. The van der Waals surface area contributed by atoms with Gasteiger partial charge in [0.2, 0.25) is 0 Å². The lowest BCUT2D eigenvalue weighted by Gasteiger charge is -2.63. The van der Waals surface area contributed by atoms with Crippen molar-refractivity contribution in [3.8, 4) is 0 Å². The third-order valence-electron chi connectivity index (χ3n) is 10.0. The molecule has 0 aromatic carbocycles. The van der Waals surface area contributed by atoms with E-state index in [1.54, 1.807) is 0 Å². The lowest BCUT2D eigenvalue weighted by atomic mass is 9.43. The van der Waals surface area contributed by atoms with Gasteiger partial charge in [-0.1, -0.05) is 19.0 Å². The Balaban J connectivity index is 1.46. The van der Waals surface area contributed by atoms with Gasteiger partial charge in [-0.15, -0.1) is 0 Å². The summed E-state index contributed by atoms with van der Waals surface area (Å²) in [6.45, 7) is 5.82. The Hall–Kier alpha value is -0.650. The minimum absolute atomic E-state index is 0.0253. The maximum Gasteiger partial charge on any atom is 0.129 e. The molecule has 0 bridgehead atoms. The van der Waals surface area contributed by atoms with E-state index in [4.69, 9.17) is 10.6 Å². The van der Waals surface area contributed by atoms with E-state index in [1.165, 1.54) is 12.8 Å². The van der Waals surface area contributed by atoms with Crippen molar-refractivity contribution in [2.24, 2.45) is 45.4 Å². The fraction of sp³-hybridized carbons (Fsp3) is 0.958. The Morgan fingerprint density at radius 3 is 2.69 bits per heavy atom. The van der Waals surface area contributed by atoms with Crippen molar-refractivity contribution >= 4 is 6.21 Å². The number of aliphatic hydroxyl groups is 2. The van der Waals surface area contributed by atoms with Gasteiger partial charge in [-0.3, -0.25) is 0 Å². The monoisotopic (exact) mass is 406 g/mol. The molecule has 0 aromatic rings. The van der Waals surface area contributed by atoms with E-state index in [2.05, 4.69) is 19.0 Å². The highest BCUT2D eigenvalue weighted by molar-refractivity contribution is 5.56. The van der Waals surface area contributed by atoms with E-state index in [1.807, 2.05) is 6.21 Å². The van der Waals surface area contributed by atoms with E-state index in [-0.39, 0.29) is 11.5 Å². The molecule has 4 aliphatic carbocycles. The zero-order valence-corrected chi connectivity index (χ0v) is 18.5. The van der Waals surface area contributed by atoms with E-state index in [0.717, 1.165) is 57.8 Å². The first-order valence-corrected chi connectivity index (χ1v) is 12.1. The molecule has 5 heteroatoms. The third-order valence-corrected chi connectivity index (χ3v) is 10.0. The van der Waals surface area contributed by atoms with Gasteiger partial charge in [-0.2, -0.15) is 0 Å². The van der Waals surface area contributed by atoms with Gasteiger partial charge in [-0.05, 0) is 105 Å². The summed E-state index contributed by atoms with van der Waals surface area (Å²) < 4.78 is 0. The SMILES string of the molecule is C[C@]12CCC(O)CC1CC[C@@H]1[C@H]2CC[C@]2(C)C(CC/C=N/OCCN)CC[C@@]12O. The largest absolute Gasteiger partial charge is 0.395 e. The second-order valence-corrected chi connectivity index (χ2v) is 11.0. The van der Waals surface area contributed by atoms with Crippen LogP contribution in [0.2, 0.25) is 0 Å². The molecule has 0 aliphatic heterocycles. The Morgan fingerprint density at radius 2 is 1.90 bits per heavy atom. The van der Waals surface area contributed by atoms with Gasteiger partial charge < -0.3 is 20.8 Å². The van der Waals surface area contributed by atoms with Crippen LogP contribution in [0.5, 0.6) is 0 Å². The van der Waals surface area contributed by atoms with Gasteiger partial charge in [0.1, 0.15) is 6.61 Å². The number of fused-ring (bicyclic) bond motifs is 5. The zero-order chi connectivity index (χ0) is 20.7. The molecule has 4 saturated carbocycles. The van der Waals surface area contributed by atoms with Crippen LogP contribution in [0.4, 0.5) is 0 Å². The molecule has 4 fully saturated rings. The van der Waals surface area contributed by atoms with Crippen LogP contribution in [0.1, 0.15) is 84.5 Å².